The van der Waals surface area contributed by atoms with Crippen molar-refractivity contribution in [2.45, 2.75) is 12.8 Å². The maximum absolute atomic E-state index is 12.0. The number of carbonyl (C=O) groups is 1. The summed E-state index contributed by atoms with van der Waals surface area (Å²) in [6, 6.07) is 13.4. The SMILES string of the molecule is Nc1cccc(CCC(=O)Nc2ccc3ncsc3c2)c1. The van der Waals surface area contributed by atoms with Crippen LogP contribution in [0, 0.1) is 0 Å². The fourth-order valence-electron chi connectivity index (χ4n) is 2.16. The molecule has 0 atom stereocenters. The fraction of sp³-hybridized carbons (Fsp3) is 0.125. The number of fused-ring (bicyclic) bond motifs is 1. The summed E-state index contributed by atoms with van der Waals surface area (Å²) >= 11 is 1.56. The number of rotatable bonds is 4. The molecule has 0 fully saturated rings. The third-order valence-corrected chi connectivity index (χ3v) is 4.00. The fourth-order valence-corrected chi connectivity index (χ4v) is 2.88. The highest BCUT2D eigenvalue weighted by atomic mass is 32.1. The van der Waals surface area contributed by atoms with E-state index in [9.17, 15) is 4.79 Å². The van der Waals surface area contributed by atoms with Crippen molar-refractivity contribution in [2.24, 2.45) is 0 Å². The first-order chi connectivity index (χ1) is 10.2. The zero-order chi connectivity index (χ0) is 14.7. The Bertz CT molecular complexity index is 782. The molecule has 3 N–H and O–H groups in total. The lowest BCUT2D eigenvalue weighted by atomic mass is 10.1. The maximum atomic E-state index is 12.0. The van der Waals surface area contributed by atoms with Gasteiger partial charge in [-0.1, -0.05) is 12.1 Å². The van der Waals surface area contributed by atoms with Gasteiger partial charge in [0.15, 0.2) is 0 Å². The normalized spacial score (nSPS) is 10.7. The van der Waals surface area contributed by atoms with Crippen molar-refractivity contribution in [1.29, 1.82) is 0 Å². The van der Waals surface area contributed by atoms with Crippen LogP contribution in [-0.4, -0.2) is 10.9 Å². The molecule has 3 aromatic rings. The molecule has 21 heavy (non-hydrogen) atoms. The van der Waals surface area contributed by atoms with Gasteiger partial charge in [0.25, 0.3) is 0 Å². The topological polar surface area (TPSA) is 68.0 Å². The van der Waals surface area contributed by atoms with Gasteiger partial charge in [-0.05, 0) is 42.3 Å². The molecule has 0 aliphatic heterocycles. The van der Waals surface area contributed by atoms with E-state index in [4.69, 9.17) is 5.73 Å². The summed E-state index contributed by atoms with van der Waals surface area (Å²) in [5.74, 6) is 0.00119. The average molecular weight is 297 g/mol. The van der Waals surface area contributed by atoms with Crippen LogP contribution in [0.5, 0.6) is 0 Å². The molecule has 0 bridgehead atoms. The van der Waals surface area contributed by atoms with E-state index in [0.29, 0.717) is 12.8 Å². The number of nitrogens with one attached hydrogen (secondary N) is 1. The van der Waals surface area contributed by atoms with E-state index in [1.807, 2.05) is 42.5 Å². The van der Waals surface area contributed by atoms with Crippen molar-refractivity contribution in [1.82, 2.24) is 4.98 Å². The number of hydrogen-bond donors (Lipinski definition) is 2. The third kappa shape index (κ3) is 3.38. The van der Waals surface area contributed by atoms with Crippen LogP contribution in [0.2, 0.25) is 0 Å². The molecule has 3 rings (SSSR count). The average Bonchev–Trinajstić information content (AvgIpc) is 2.93. The number of anilines is 2. The zero-order valence-electron chi connectivity index (χ0n) is 11.4. The predicted octanol–water partition coefficient (Wildman–Crippen LogP) is 3.45. The Balaban J connectivity index is 1.60. The van der Waals surface area contributed by atoms with E-state index in [1.54, 1.807) is 16.8 Å². The minimum atomic E-state index is 0.00119. The minimum absolute atomic E-state index is 0.00119. The number of aryl methyl sites for hydroxylation is 1. The molecule has 0 aliphatic carbocycles. The molecule has 1 heterocycles. The van der Waals surface area contributed by atoms with Gasteiger partial charge in [-0.25, -0.2) is 4.98 Å². The smallest absolute Gasteiger partial charge is 0.224 e. The number of nitrogen functional groups attached to an aromatic ring is 1. The van der Waals surface area contributed by atoms with Gasteiger partial charge in [-0.2, -0.15) is 0 Å². The molecule has 0 spiro atoms. The van der Waals surface area contributed by atoms with Gasteiger partial charge in [0.2, 0.25) is 5.91 Å². The van der Waals surface area contributed by atoms with Crippen LogP contribution >= 0.6 is 11.3 Å². The van der Waals surface area contributed by atoms with E-state index in [0.717, 1.165) is 27.2 Å². The number of benzene rings is 2. The summed E-state index contributed by atoms with van der Waals surface area (Å²) in [5, 5.41) is 2.92. The van der Waals surface area contributed by atoms with Gasteiger partial charge < -0.3 is 11.1 Å². The van der Waals surface area contributed by atoms with E-state index < -0.39 is 0 Å². The Morgan fingerprint density at radius 1 is 1.24 bits per heavy atom. The monoisotopic (exact) mass is 297 g/mol. The van der Waals surface area contributed by atoms with Gasteiger partial charge >= 0.3 is 0 Å². The Morgan fingerprint density at radius 3 is 3.00 bits per heavy atom. The van der Waals surface area contributed by atoms with E-state index in [-0.39, 0.29) is 5.91 Å². The minimum Gasteiger partial charge on any atom is -0.399 e. The van der Waals surface area contributed by atoms with E-state index in [2.05, 4.69) is 10.3 Å². The highest BCUT2D eigenvalue weighted by Gasteiger charge is 2.05. The Hall–Kier alpha value is -2.40. The molecule has 2 aromatic carbocycles. The first kappa shape index (κ1) is 13.6. The summed E-state index contributed by atoms with van der Waals surface area (Å²) in [7, 11) is 0. The second kappa shape index (κ2) is 5.93. The van der Waals surface area contributed by atoms with Gasteiger partial charge in [0.05, 0.1) is 15.7 Å². The summed E-state index contributed by atoms with van der Waals surface area (Å²) in [6.07, 6.45) is 1.11. The van der Waals surface area contributed by atoms with Crippen molar-refractivity contribution >= 4 is 38.8 Å². The second-order valence-electron chi connectivity index (χ2n) is 4.83. The molecule has 1 aromatic heterocycles. The predicted molar refractivity (Wildman–Crippen MR) is 87.4 cm³/mol. The molecule has 1 amide bonds. The quantitative estimate of drug-likeness (QED) is 0.725. The number of hydrogen-bond acceptors (Lipinski definition) is 4. The molecule has 0 radical (unpaired) electrons. The Kier molecular flexibility index (Phi) is 3.83. The van der Waals surface area contributed by atoms with Crippen LogP contribution in [0.3, 0.4) is 0 Å². The van der Waals surface area contributed by atoms with Crippen LogP contribution in [0.25, 0.3) is 10.2 Å². The zero-order valence-corrected chi connectivity index (χ0v) is 12.2. The lowest BCUT2D eigenvalue weighted by Crippen LogP contribution is -2.12. The molecular formula is C16H15N3OS. The number of nitrogens with zero attached hydrogens (tertiary/aromatic N) is 1. The highest BCUT2D eigenvalue weighted by Crippen LogP contribution is 2.22. The number of carbonyl (C=O) groups excluding carboxylic acids is 1. The molecule has 106 valence electrons. The molecule has 0 saturated carbocycles. The standard InChI is InChI=1S/C16H15N3OS/c17-12-3-1-2-11(8-12)4-7-16(20)19-13-5-6-14-15(9-13)21-10-18-14/h1-3,5-6,8-10H,4,7,17H2,(H,19,20). The van der Waals surface area contributed by atoms with Crippen LogP contribution in [-0.2, 0) is 11.2 Å². The lowest BCUT2D eigenvalue weighted by Gasteiger charge is -2.06. The summed E-state index contributed by atoms with van der Waals surface area (Å²) in [6.45, 7) is 0. The van der Waals surface area contributed by atoms with Crippen molar-refractivity contribution in [3.63, 3.8) is 0 Å². The molecule has 0 saturated heterocycles. The van der Waals surface area contributed by atoms with Crippen molar-refractivity contribution in [2.75, 3.05) is 11.1 Å². The van der Waals surface area contributed by atoms with Crippen LogP contribution in [0.1, 0.15) is 12.0 Å². The molecule has 0 unspecified atom stereocenters. The summed E-state index contributed by atoms with van der Waals surface area (Å²) in [5.41, 5.74) is 11.1. The van der Waals surface area contributed by atoms with Gasteiger partial charge in [-0.15, -0.1) is 11.3 Å². The largest absolute Gasteiger partial charge is 0.399 e. The number of nitrogens with two attached hydrogens (primary N) is 1. The van der Waals surface area contributed by atoms with E-state index in [1.165, 1.54) is 0 Å². The number of thiazole rings is 1. The number of aromatic nitrogens is 1. The van der Waals surface area contributed by atoms with Gasteiger partial charge in [-0.3, -0.25) is 4.79 Å². The van der Waals surface area contributed by atoms with E-state index >= 15 is 0 Å². The highest BCUT2D eigenvalue weighted by molar-refractivity contribution is 7.16. The number of amides is 1. The van der Waals surface area contributed by atoms with Crippen molar-refractivity contribution in [3.8, 4) is 0 Å². The maximum Gasteiger partial charge on any atom is 0.224 e. The molecular weight excluding hydrogens is 282 g/mol. The van der Waals surface area contributed by atoms with Crippen LogP contribution in [0.4, 0.5) is 11.4 Å². The molecule has 4 nitrogen and oxygen atoms in total. The van der Waals surface area contributed by atoms with Crippen molar-refractivity contribution < 1.29 is 4.79 Å². The van der Waals surface area contributed by atoms with Crippen LogP contribution in [0.15, 0.2) is 48.0 Å². The molecule has 5 heteroatoms. The first-order valence-electron chi connectivity index (χ1n) is 6.68. The van der Waals surface area contributed by atoms with Crippen molar-refractivity contribution in [3.05, 3.63) is 53.5 Å². The first-order valence-corrected chi connectivity index (χ1v) is 7.56. The third-order valence-electron chi connectivity index (χ3n) is 3.21. The lowest BCUT2D eigenvalue weighted by molar-refractivity contribution is -0.116. The van der Waals surface area contributed by atoms with Crippen LogP contribution < -0.4 is 11.1 Å². The Morgan fingerprint density at radius 2 is 2.14 bits per heavy atom. The molecule has 0 aliphatic rings. The van der Waals surface area contributed by atoms with Gasteiger partial charge in [0.1, 0.15) is 0 Å². The summed E-state index contributed by atoms with van der Waals surface area (Å²) in [4.78, 5) is 16.2. The second-order valence-corrected chi connectivity index (χ2v) is 5.71. The van der Waals surface area contributed by atoms with Gasteiger partial charge in [0, 0.05) is 17.8 Å². The Labute approximate surface area is 126 Å². The summed E-state index contributed by atoms with van der Waals surface area (Å²) < 4.78 is 1.07.